The number of anilines is 2. The fraction of sp³-hybridized carbons (Fsp3) is 0.412. The summed E-state index contributed by atoms with van der Waals surface area (Å²) in [5.41, 5.74) is 3.22. The Bertz CT molecular complexity index is 1970. The van der Waals surface area contributed by atoms with Crippen molar-refractivity contribution in [2.75, 3.05) is 56.9 Å². The van der Waals surface area contributed by atoms with Gasteiger partial charge in [0, 0.05) is 62.4 Å². The Labute approximate surface area is 281 Å². The molecule has 1 atom stereocenters. The molecule has 2 aromatic heterocycles. The van der Waals surface area contributed by atoms with Crippen LogP contribution in [0.25, 0.3) is 16.8 Å². The minimum atomic E-state index is -3.06. The van der Waals surface area contributed by atoms with Crippen LogP contribution in [-0.2, 0) is 25.8 Å². The summed E-state index contributed by atoms with van der Waals surface area (Å²) < 4.78 is 35.4. The van der Waals surface area contributed by atoms with E-state index in [0.717, 1.165) is 28.2 Å². The van der Waals surface area contributed by atoms with E-state index >= 15 is 0 Å². The molecule has 0 aliphatic carbocycles. The maximum absolute atomic E-state index is 13.5. The first kappa shape index (κ1) is 34.5. The molecule has 1 aliphatic heterocycles. The maximum atomic E-state index is 13.5. The van der Waals surface area contributed by atoms with Crippen molar-refractivity contribution in [3.8, 4) is 22.6 Å². The number of nitrogens with zero attached hydrogens (tertiary/aromatic N) is 6. The Morgan fingerprint density at radius 2 is 1.71 bits per heavy atom. The number of hydrogen-bond acceptors (Lipinski definition) is 10. The van der Waals surface area contributed by atoms with Gasteiger partial charge < -0.3 is 29.3 Å². The van der Waals surface area contributed by atoms with E-state index < -0.39 is 21.4 Å². The summed E-state index contributed by atoms with van der Waals surface area (Å²) in [7, 11) is 0.139. The number of carbonyl (C=O) groups excluding carboxylic acids is 2. The number of hydrogen-bond donors (Lipinski definition) is 1. The summed E-state index contributed by atoms with van der Waals surface area (Å²) in [6.07, 6.45) is 0.560. The minimum absolute atomic E-state index is 0.0553. The van der Waals surface area contributed by atoms with E-state index in [-0.39, 0.29) is 5.91 Å². The number of carbonyl (C=O) groups is 2. The van der Waals surface area contributed by atoms with Gasteiger partial charge in [-0.15, -0.1) is 4.36 Å². The van der Waals surface area contributed by atoms with Gasteiger partial charge in [0.15, 0.2) is 17.1 Å². The van der Waals surface area contributed by atoms with Crippen molar-refractivity contribution < 1.29 is 28.0 Å². The van der Waals surface area contributed by atoms with Gasteiger partial charge in [0.1, 0.15) is 17.2 Å². The number of rotatable bonds is 8. The van der Waals surface area contributed by atoms with Gasteiger partial charge in [0.05, 0.1) is 29.6 Å². The molecule has 1 aliphatic rings. The summed E-state index contributed by atoms with van der Waals surface area (Å²) >= 11 is 0. The Balaban J connectivity index is 1.52. The number of nitrogens with one attached hydrogen (secondary N) is 1. The molecule has 0 radical (unpaired) electrons. The topological polar surface area (TPSA) is 140 Å². The van der Waals surface area contributed by atoms with E-state index in [1.807, 2.05) is 42.2 Å². The maximum Gasteiger partial charge on any atom is 0.442 e. The zero-order valence-electron chi connectivity index (χ0n) is 28.7. The second-order valence-electron chi connectivity index (χ2n) is 12.6. The monoisotopic (exact) mass is 677 g/mol. The highest BCUT2D eigenvalue weighted by Crippen LogP contribution is 2.37. The second-order valence-corrected chi connectivity index (χ2v) is 14.9. The molecule has 256 valence electrons. The third-order valence-electron chi connectivity index (χ3n) is 7.92. The molecule has 1 unspecified atom stereocenters. The van der Waals surface area contributed by atoms with E-state index in [1.54, 1.807) is 64.6 Å². The van der Waals surface area contributed by atoms with Crippen LogP contribution in [0.2, 0.25) is 0 Å². The molecule has 4 aromatic rings. The highest BCUT2D eigenvalue weighted by atomic mass is 32.2. The summed E-state index contributed by atoms with van der Waals surface area (Å²) in [6, 6.07) is 14.8. The van der Waals surface area contributed by atoms with Crippen LogP contribution in [-0.4, -0.2) is 88.0 Å². The standard InChI is InChI=1S/C34H43N7O6S/c1-22-31(25-12-13-27(45-6)28(19-25)46-7)32-36-30(40-16-14-39(15-17-40)23(2)42)20-29(41(32)37-22)35-21-24-10-9-11-26(18-24)48(8,44)38-33(43)47-34(3,4)5/h9-13,18-20,35H,14-17,21H2,1-8H3. The lowest BCUT2D eigenvalue weighted by Gasteiger charge is -2.35. The normalized spacial score (nSPS) is 14.8. The Morgan fingerprint density at radius 3 is 2.35 bits per heavy atom. The van der Waals surface area contributed by atoms with Gasteiger partial charge in [0.25, 0.3) is 0 Å². The highest BCUT2D eigenvalue weighted by molar-refractivity contribution is 7.93. The van der Waals surface area contributed by atoms with Gasteiger partial charge >= 0.3 is 6.09 Å². The Morgan fingerprint density at radius 1 is 1.00 bits per heavy atom. The smallest absolute Gasteiger partial charge is 0.442 e. The van der Waals surface area contributed by atoms with Crippen molar-refractivity contribution in [3.05, 3.63) is 59.8 Å². The summed E-state index contributed by atoms with van der Waals surface area (Å²) in [6.45, 7) is 11.5. The first-order chi connectivity index (χ1) is 22.7. The largest absolute Gasteiger partial charge is 0.493 e. The third-order valence-corrected chi connectivity index (χ3v) is 9.55. The number of piperazine rings is 1. The lowest BCUT2D eigenvalue weighted by molar-refractivity contribution is -0.129. The van der Waals surface area contributed by atoms with Gasteiger partial charge in [-0.25, -0.2) is 14.0 Å². The molecule has 5 rings (SSSR count). The van der Waals surface area contributed by atoms with Crippen molar-refractivity contribution >= 4 is 39.0 Å². The average Bonchev–Trinajstić information content (AvgIpc) is 3.37. The van der Waals surface area contributed by atoms with Crippen molar-refractivity contribution in [1.29, 1.82) is 0 Å². The van der Waals surface area contributed by atoms with Crippen LogP contribution < -0.4 is 19.7 Å². The van der Waals surface area contributed by atoms with Crippen molar-refractivity contribution in [2.45, 2.75) is 51.7 Å². The molecule has 14 heteroatoms. The minimum Gasteiger partial charge on any atom is -0.493 e. The highest BCUT2D eigenvalue weighted by Gasteiger charge is 2.24. The van der Waals surface area contributed by atoms with E-state index in [4.69, 9.17) is 24.3 Å². The fourth-order valence-corrected chi connectivity index (χ4v) is 6.67. The van der Waals surface area contributed by atoms with Crippen molar-refractivity contribution in [2.24, 2.45) is 4.36 Å². The number of aromatic nitrogens is 3. The van der Waals surface area contributed by atoms with E-state index in [2.05, 4.69) is 14.6 Å². The van der Waals surface area contributed by atoms with E-state index in [0.29, 0.717) is 60.6 Å². The molecule has 0 spiro atoms. The zero-order chi connectivity index (χ0) is 34.8. The number of fused-ring (bicyclic) bond motifs is 1. The van der Waals surface area contributed by atoms with Crippen LogP contribution in [0.1, 0.15) is 39.0 Å². The first-order valence-corrected chi connectivity index (χ1v) is 17.5. The van der Waals surface area contributed by atoms with Gasteiger partial charge in [0.2, 0.25) is 5.91 Å². The Kier molecular flexibility index (Phi) is 9.85. The van der Waals surface area contributed by atoms with Crippen molar-refractivity contribution in [1.82, 2.24) is 19.5 Å². The average molecular weight is 678 g/mol. The van der Waals surface area contributed by atoms with E-state index in [9.17, 15) is 13.8 Å². The van der Waals surface area contributed by atoms with Crippen LogP contribution in [0, 0.1) is 6.92 Å². The number of methoxy groups -OCH3 is 2. The Hall–Kier alpha value is -4.85. The zero-order valence-corrected chi connectivity index (χ0v) is 29.5. The van der Waals surface area contributed by atoms with Crippen LogP contribution >= 0.6 is 0 Å². The quantitative estimate of drug-likeness (QED) is 0.258. The molecule has 1 N–H and O–H groups in total. The third kappa shape index (κ3) is 7.64. The van der Waals surface area contributed by atoms with Crippen LogP contribution in [0.5, 0.6) is 11.5 Å². The molecule has 48 heavy (non-hydrogen) atoms. The van der Waals surface area contributed by atoms with E-state index in [1.165, 1.54) is 6.26 Å². The van der Waals surface area contributed by atoms with Gasteiger partial charge in [-0.05, 0) is 63.1 Å². The molecule has 0 saturated carbocycles. The summed E-state index contributed by atoms with van der Waals surface area (Å²) in [5, 5.41) is 8.38. The number of benzene rings is 2. The number of ether oxygens (including phenoxy) is 3. The van der Waals surface area contributed by atoms with Crippen LogP contribution in [0.4, 0.5) is 16.4 Å². The molecule has 1 fully saturated rings. The SMILES string of the molecule is COc1ccc(-c2c(C)nn3c(NCc4cccc(S(C)(=O)=NC(=O)OC(C)(C)C)c4)cc(N4CCN(C(C)=O)CC4)nc23)cc1OC. The van der Waals surface area contributed by atoms with Crippen LogP contribution in [0.15, 0.2) is 57.8 Å². The lowest BCUT2D eigenvalue weighted by atomic mass is 10.1. The molecule has 0 bridgehead atoms. The summed E-state index contributed by atoms with van der Waals surface area (Å²) in [5.74, 6) is 2.71. The molecule has 1 saturated heterocycles. The molecule has 3 heterocycles. The van der Waals surface area contributed by atoms with Gasteiger partial charge in [-0.3, -0.25) is 4.79 Å². The van der Waals surface area contributed by atoms with Gasteiger partial charge in [-0.1, -0.05) is 18.2 Å². The molecule has 13 nitrogen and oxygen atoms in total. The predicted molar refractivity (Wildman–Crippen MR) is 185 cm³/mol. The molecular weight excluding hydrogens is 634 g/mol. The number of amides is 2. The van der Waals surface area contributed by atoms with Gasteiger partial charge in [-0.2, -0.15) is 9.61 Å². The number of aryl methyl sites for hydroxylation is 1. The lowest BCUT2D eigenvalue weighted by Crippen LogP contribution is -2.48. The molecule has 2 amide bonds. The molecular formula is C34H43N7O6S. The second kappa shape index (κ2) is 13.7. The fourth-order valence-electron chi connectivity index (χ4n) is 5.54. The van der Waals surface area contributed by atoms with Crippen LogP contribution in [0.3, 0.4) is 0 Å². The first-order valence-electron chi connectivity index (χ1n) is 15.6. The predicted octanol–water partition coefficient (Wildman–Crippen LogP) is 5.39. The summed E-state index contributed by atoms with van der Waals surface area (Å²) in [4.78, 5) is 33.9. The molecule has 2 aromatic carbocycles. The van der Waals surface area contributed by atoms with Crippen molar-refractivity contribution in [3.63, 3.8) is 0 Å².